The Kier molecular flexibility index (Phi) is 2.69. The molecule has 0 fully saturated rings. The van der Waals surface area contributed by atoms with Gasteiger partial charge in [0, 0.05) is 20.4 Å². The molecule has 0 bridgehead atoms. The molecule has 0 aliphatic carbocycles. The average molecular weight is 349 g/mol. The third-order valence-electron chi connectivity index (χ3n) is 1.69. The van der Waals surface area contributed by atoms with Gasteiger partial charge in [-0.2, -0.15) is 0 Å². The van der Waals surface area contributed by atoms with Crippen LogP contribution in [-0.2, 0) is 0 Å². The van der Waals surface area contributed by atoms with E-state index in [1.54, 1.807) is 12.5 Å². The summed E-state index contributed by atoms with van der Waals surface area (Å²) in [6, 6.07) is 6.21. The number of hydrogen-bond donors (Lipinski definition) is 0. The minimum Gasteiger partial charge on any atom is -0.305 e. The maximum atomic E-state index is 4.00. The highest BCUT2D eigenvalue weighted by atomic mass is 127. The quantitative estimate of drug-likeness (QED) is 0.723. The smallest absolute Gasteiger partial charge is 0.0992 e. The van der Waals surface area contributed by atoms with Crippen molar-refractivity contribution in [1.82, 2.24) is 9.55 Å². The van der Waals surface area contributed by atoms with Gasteiger partial charge in [0.25, 0.3) is 0 Å². The van der Waals surface area contributed by atoms with E-state index in [4.69, 9.17) is 0 Å². The molecule has 0 amide bonds. The highest BCUT2D eigenvalue weighted by Gasteiger charge is 2.01. The van der Waals surface area contributed by atoms with Gasteiger partial charge in [-0.1, -0.05) is 0 Å². The van der Waals surface area contributed by atoms with Gasteiger partial charge in [0.15, 0.2) is 0 Å². The van der Waals surface area contributed by atoms with E-state index in [2.05, 4.69) is 61.7 Å². The summed E-state index contributed by atoms with van der Waals surface area (Å²) in [4.78, 5) is 4.00. The highest BCUT2D eigenvalue weighted by molar-refractivity contribution is 14.1. The fourth-order valence-electron chi connectivity index (χ4n) is 1.09. The van der Waals surface area contributed by atoms with Crippen LogP contribution in [0.4, 0.5) is 0 Å². The lowest BCUT2D eigenvalue weighted by Gasteiger charge is -2.04. The second-order valence-electron chi connectivity index (χ2n) is 2.57. The van der Waals surface area contributed by atoms with Crippen LogP contribution in [0.25, 0.3) is 5.69 Å². The van der Waals surface area contributed by atoms with Gasteiger partial charge in [0.2, 0.25) is 0 Å². The summed E-state index contributed by atoms with van der Waals surface area (Å²) in [5, 5.41) is 0. The van der Waals surface area contributed by atoms with Gasteiger partial charge in [0.05, 0.1) is 12.0 Å². The van der Waals surface area contributed by atoms with Crippen LogP contribution < -0.4 is 0 Å². The fraction of sp³-hybridized carbons (Fsp3) is 0. The van der Waals surface area contributed by atoms with E-state index < -0.39 is 0 Å². The summed E-state index contributed by atoms with van der Waals surface area (Å²) >= 11 is 5.80. The lowest BCUT2D eigenvalue weighted by atomic mass is 10.3. The summed E-state index contributed by atoms with van der Waals surface area (Å²) in [5.74, 6) is 0. The van der Waals surface area contributed by atoms with Crippen LogP contribution in [0, 0.1) is 3.57 Å². The second-order valence-corrected chi connectivity index (χ2v) is 4.67. The zero-order valence-electron chi connectivity index (χ0n) is 6.61. The molecular formula is C9H6BrIN2. The van der Waals surface area contributed by atoms with Gasteiger partial charge in [0.1, 0.15) is 0 Å². The minimum absolute atomic E-state index is 1.08. The van der Waals surface area contributed by atoms with E-state index in [0.717, 1.165) is 10.2 Å². The molecule has 0 aliphatic rings. The van der Waals surface area contributed by atoms with E-state index in [-0.39, 0.29) is 0 Å². The lowest BCUT2D eigenvalue weighted by molar-refractivity contribution is 1.05. The maximum Gasteiger partial charge on any atom is 0.0992 e. The van der Waals surface area contributed by atoms with Crippen molar-refractivity contribution < 1.29 is 0 Å². The van der Waals surface area contributed by atoms with Gasteiger partial charge in [-0.3, -0.25) is 0 Å². The monoisotopic (exact) mass is 348 g/mol. The SMILES string of the molecule is Brc1cc(I)ccc1-n1ccnc1. The Labute approximate surface area is 98.3 Å². The van der Waals surface area contributed by atoms with Crippen LogP contribution in [0.15, 0.2) is 41.4 Å². The van der Waals surface area contributed by atoms with E-state index in [9.17, 15) is 0 Å². The molecule has 0 spiro atoms. The predicted molar refractivity (Wildman–Crippen MR) is 64.0 cm³/mol. The van der Waals surface area contributed by atoms with Crippen molar-refractivity contribution in [3.63, 3.8) is 0 Å². The molecule has 1 heterocycles. The van der Waals surface area contributed by atoms with Gasteiger partial charge in [-0.05, 0) is 56.7 Å². The van der Waals surface area contributed by atoms with Crippen molar-refractivity contribution in [1.29, 1.82) is 0 Å². The minimum atomic E-state index is 1.08. The molecule has 0 atom stereocenters. The Balaban J connectivity index is 2.53. The molecule has 4 heteroatoms. The number of rotatable bonds is 1. The molecule has 0 saturated heterocycles. The first-order valence-electron chi connectivity index (χ1n) is 3.71. The van der Waals surface area contributed by atoms with Crippen molar-refractivity contribution in [3.8, 4) is 5.69 Å². The van der Waals surface area contributed by atoms with Gasteiger partial charge in [-0.15, -0.1) is 0 Å². The first-order chi connectivity index (χ1) is 6.27. The lowest BCUT2D eigenvalue weighted by Crippen LogP contribution is -1.91. The zero-order chi connectivity index (χ0) is 9.26. The number of halogens is 2. The Morgan fingerprint density at radius 3 is 2.85 bits per heavy atom. The normalized spacial score (nSPS) is 10.3. The van der Waals surface area contributed by atoms with Gasteiger partial charge < -0.3 is 4.57 Å². The standard InChI is InChI=1S/C9H6BrIN2/c10-8-5-7(11)1-2-9(8)13-4-3-12-6-13/h1-6H. The topological polar surface area (TPSA) is 17.8 Å². The van der Waals surface area contributed by atoms with Crippen LogP contribution in [0.1, 0.15) is 0 Å². The molecule has 0 aliphatic heterocycles. The van der Waals surface area contributed by atoms with Crippen molar-refractivity contribution in [3.05, 3.63) is 45.0 Å². The van der Waals surface area contributed by atoms with Crippen molar-refractivity contribution in [2.45, 2.75) is 0 Å². The van der Waals surface area contributed by atoms with E-state index in [1.165, 1.54) is 3.57 Å². The number of hydrogen-bond acceptors (Lipinski definition) is 1. The van der Waals surface area contributed by atoms with Crippen LogP contribution >= 0.6 is 38.5 Å². The molecule has 0 unspecified atom stereocenters. The molecule has 2 rings (SSSR count). The van der Waals surface area contributed by atoms with Gasteiger partial charge in [-0.25, -0.2) is 4.98 Å². The molecule has 1 aromatic heterocycles. The Morgan fingerprint density at radius 1 is 1.38 bits per heavy atom. The molecule has 2 aromatic rings. The molecular weight excluding hydrogens is 343 g/mol. The Morgan fingerprint density at radius 2 is 2.23 bits per heavy atom. The molecule has 0 saturated carbocycles. The molecule has 0 N–H and O–H groups in total. The second kappa shape index (κ2) is 3.79. The number of imidazole rings is 1. The number of nitrogens with zero attached hydrogens (tertiary/aromatic N) is 2. The Bertz CT molecular complexity index is 412. The first-order valence-corrected chi connectivity index (χ1v) is 5.58. The summed E-state index contributed by atoms with van der Waals surface area (Å²) in [7, 11) is 0. The van der Waals surface area contributed by atoms with Crippen LogP contribution in [0.3, 0.4) is 0 Å². The third kappa shape index (κ3) is 1.94. The predicted octanol–water partition coefficient (Wildman–Crippen LogP) is 3.24. The van der Waals surface area contributed by atoms with Gasteiger partial charge >= 0.3 is 0 Å². The summed E-state index contributed by atoms with van der Waals surface area (Å²) in [5.41, 5.74) is 1.11. The molecule has 13 heavy (non-hydrogen) atoms. The number of benzene rings is 1. The number of aromatic nitrogens is 2. The van der Waals surface area contributed by atoms with Crippen molar-refractivity contribution in [2.24, 2.45) is 0 Å². The van der Waals surface area contributed by atoms with E-state index in [0.29, 0.717) is 0 Å². The Hall–Kier alpha value is -0.360. The first kappa shape index (κ1) is 9.21. The largest absolute Gasteiger partial charge is 0.305 e. The molecule has 0 radical (unpaired) electrons. The molecule has 1 aromatic carbocycles. The van der Waals surface area contributed by atoms with Crippen LogP contribution in [0.5, 0.6) is 0 Å². The third-order valence-corrected chi connectivity index (χ3v) is 3.00. The zero-order valence-corrected chi connectivity index (χ0v) is 10.4. The van der Waals surface area contributed by atoms with E-state index in [1.807, 2.05) is 10.8 Å². The highest BCUT2D eigenvalue weighted by Crippen LogP contribution is 2.22. The summed E-state index contributed by atoms with van der Waals surface area (Å²) in [6.45, 7) is 0. The summed E-state index contributed by atoms with van der Waals surface area (Å²) < 4.78 is 4.27. The van der Waals surface area contributed by atoms with Crippen LogP contribution in [-0.4, -0.2) is 9.55 Å². The van der Waals surface area contributed by atoms with E-state index >= 15 is 0 Å². The molecule has 2 nitrogen and oxygen atoms in total. The fourth-order valence-corrected chi connectivity index (χ4v) is 2.59. The van der Waals surface area contributed by atoms with Crippen molar-refractivity contribution in [2.75, 3.05) is 0 Å². The van der Waals surface area contributed by atoms with Crippen molar-refractivity contribution >= 4 is 38.5 Å². The molecule has 66 valence electrons. The average Bonchev–Trinajstić information content (AvgIpc) is 2.56. The maximum absolute atomic E-state index is 4.00. The van der Waals surface area contributed by atoms with Crippen LogP contribution in [0.2, 0.25) is 0 Å². The summed E-state index contributed by atoms with van der Waals surface area (Å²) in [6.07, 6.45) is 5.48.